The van der Waals surface area contributed by atoms with E-state index in [1.54, 1.807) is 6.07 Å². The molecular formula is C13H16N2O4. The number of rotatable bonds is 3. The summed E-state index contributed by atoms with van der Waals surface area (Å²) in [5.41, 5.74) is 1.30. The molecule has 6 heteroatoms. The molecule has 0 saturated carbocycles. The normalized spacial score (nSPS) is 16.1. The van der Waals surface area contributed by atoms with Crippen molar-refractivity contribution in [1.82, 2.24) is 0 Å². The summed E-state index contributed by atoms with van der Waals surface area (Å²) < 4.78 is 5.21. The Labute approximate surface area is 110 Å². The van der Waals surface area contributed by atoms with Gasteiger partial charge in [0.05, 0.1) is 10.6 Å². The minimum absolute atomic E-state index is 0.0205. The predicted molar refractivity (Wildman–Crippen MR) is 70.0 cm³/mol. The van der Waals surface area contributed by atoms with Crippen LogP contribution in [0.5, 0.6) is 0 Å². The SMILES string of the molecule is Cc1ccc([N+](=O)[O-])cc1NC(=O)C1CCOCC1. The van der Waals surface area contributed by atoms with Gasteiger partial charge < -0.3 is 10.1 Å². The Morgan fingerprint density at radius 3 is 2.74 bits per heavy atom. The first-order valence-electron chi connectivity index (χ1n) is 6.21. The molecule has 1 fully saturated rings. The quantitative estimate of drug-likeness (QED) is 0.670. The first-order chi connectivity index (χ1) is 9.08. The minimum atomic E-state index is -0.469. The monoisotopic (exact) mass is 264 g/mol. The molecule has 1 heterocycles. The second-order valence-electron chi connectivity index (χ2n) is 4.63. The summed E-state index contributed by atoms with van der Waals surface area (Å²) in [6.07, 6.45) is 1.39. The fraction of sp³-hybridized carbons (Fsp3) is 0.462. The van der Waals surface area contributed by atoms with Crippen LogP contribution in [0.3, 0.4) is 0 Å². The fourth-order valence-corrected chi connectivity index (χ4v) is 2.05. The van der Waals surface area contributed by atoms with Gasteiger partial charge in [0.25, 0.3) is 5.69 Å². The average molecular weight is 264 g/mol. The summed E-state index contributed by atoms with van der Waals surface area (Å²) in [6, 6.07) is 4.46. The number of nitro groups is 1. The van der Waals surface area contributed by atoms with Crippen LogP contribution in [0.2, 0.25) is 0 Å². The summed E-state index contributed by atoms with van der Waals surface area (Å²) in [5, 5.41) is 13.5. The molecule has 1 saturated heterocycles. The Kier molecular flexibility index (Phi) is 4.11. The lowest BCUT2D eigenvalue weighted by Crippen LogP contribution is -2.28. The number of ether oxygens (including phenoxy) is 1. The van der Waals surface area contributed by atoms with Gasteiger partial charge in [0, 0.05) is 31.3 Å². The highest BCUT2D eigenvalue weighted by Gasteiger charge is 2.22. The average Bonchev–Trinajstić information content (AvgIpc) is 2.42. The Morgan fingerprint density at radius 2 is 2.11 bits per heavy atom. The van der Waals surface area contributed by atoms with Gasteiger partial charge in [-0.3, -0.25) is 14.9 Å². The summed E-state index contributed by atoms with van der Waals surface area (Å²) in [5.74, 6) is -0.167. The van der Waals surface area contributed by atoms with E-state index in [4.69, 9.17) is 4.74 Å². The molecule has 19 heavy (non-hydrogen) atoms. The minimum Gasteiger partial charge on any atom is -0.381 e. The van der Waals surface area contributed by atoms with E-state index in [-0.39, 0.29) is 17.5 Å². The zero-order valence-corrected chi connectivity index (χ0v) is 10.7. The number of amides is 1. The highest BCUT2D eigenvalue weighted by Crippen LogP contribution is 2.24. The molecule has 2 rings (SSSR count). The van der Waals surface area contributed by atoms with Crippen molar-refractivity contribution in [1.29, 1.82) is 0 Å². The molecule has 1 aromatic rings. The maximum absolute atomic E-state index is 12.1. The van der Waals surface area contributed by atoms with Gasteiger partial charge in [-0.15, -0.1) is 0 Å². The fourth-order valence-electron chi connectivity index (χ4n) is 2.05. The van der Waals surface area contributed by atoms with E-state index in [1.807, 2.05) is 6.92 Å². The number of carbonyl (C=O) groups excluding carboxylic acids is 1. The second kappa shape index (κ2) is 5.79. The summed E-state index contributed by atoms with van der Waals surface area (Å²) in [6.45, 7) is 2.99. The van der Waals surface area contributed by atoms with Crippen molar-refractivity contribution in [2.75, 3.05) is 18.5 Å². The smallest absolute Gasteiger partial charge is 0.271 e. The maximum Gasteiger partial charge on any atom is 0.271 e. The number of aryl methyl sites for hydroxylation is 1. The van der Waals surface area contributed by atoms with Gasteiger partial charge in [0.15, 0.2) is 0 Å². The number of nitro benzene ring substituents is 1. The van der Waals surface area contributed by atoms with Crippen LogP contribution in [0.4, 0.5) is 11.4 Å². The van der Waals surface area contributed by atoms with Crippen molar-refractivity contribution >= 4 is 17.3 Å². The van der Waals surface area contributed by atoms with Gasteiger partial charge in [-0.1, -0.05) is 6.07 Å². The number of nitrogens with one attached hydrogen (secondary N) is 1. The number of anilines is 1. The number of nitrogens with zero attached hydrogens (tertiary/aromatic N) is 1. The molecule has 0 spiro atoms. The molecule has 0 atom stereocenters. The Bertz CT molecular complexity index is 495. The van der Waals surface area contributed by atoms with Crippen LogP contribution in [0, 0.1) is 23.0 Å². The van der Waals surface area contributed by atoms with Crippen molar-refractivity contribution in [2.45, 2.75) is 19.8 Å². The number of carbonyl (C=O) groups is 1. The lowest BCUT2D eigenvalue weighted by molar-refractivity contribution is -0.384. The first kappa shape index (κ1) is 13.5. The highest BCUT2D eigenvalue weighted by atomic mass is 16.6. The van der Waals surface area contributed by atoms with Gasteiger partial charge in [0.1, 0.15) is 0 Å². The Morgan fingerprint density at radius 1 is 1.42 bits per heavy atom. The van der Waals surface area contributed by atoms with E-state index in [0.717, 1.165) is 5.56 Å². The molecule has 1 aliphatic rings. The van der Waals surface area contributed by atoms with Gasteiger partial charge in [0.2, 0.25) is 5.91 Å². The third-order valence-electron chi connectivity index (χ3n) is 3.28. The molecule has 1 N–H and O–H groups in total. The van der Waals surface area contributed by atoms with E-state index < -0.39 is 4.92 Å². The molecule has 6 nitrogen and oxygen atoms in total. The van der Waals surface area contributed by atoms with E-state index in [9.17, 15) is 14.9 Å². The number of hydrogen-bond donors (Lipinski definition) is 1. The third-order valence-corrected chi connectivity index (χ3v) is 3.28. The van der Waals surface area contributed by atoms with Crippen LogP contribution < -0.4 is 5.32 Å². The van der Waals surface area contributed by atoms with Crippen molar-refractivity contribution < 1.29 is 14.5 Å². The molecule has 1 amide bonds. The van der Waals surface area contributed by atoms with Gasteiger partial charge in [-0.2, -0.15) is 0 Å². The standard InChI is InChI=1S/C13H16N2O4/c1-9-2-3-11(15(17)18)8-12(9)14-13(16)10-4-6-19-7-5-10/h2-3,8,10H,4-7H2,1H3,(H,14,16). The van der Waals surface area contributed by atoms with Crippen LogP contribution in [0.1, 0.15) is 18.4 Å². The van der Waals surface area contributed by atoms with Crippen LogP contribution in [-0.4, -0.2) is 24.0 Å². The van der Waals surface area contributed by atoms with E-state index in [0.29, 0.717) is 31.7 Å². The molecule has 0 aliphatic carbocycles. The molecule has 102 valence electrons. The topological polar surface area (TPSA) is 81.5 Å². The predicted octanol–water partition coefficient (Wildman–Crippen LogP) is 2.27. The number of benzene rings is 1. The number of non-ortho nitro benzene ring substituents is 1. The molecule has 0 bridgehead atoms. The molecule has 1 aliphatic heterocycles. The highest BCUT2D eigenvalue weighted by molar-refractivity contribution is 5.93. The van der Waals surface area contributed by atoms with Crippen molar-refractivity contribution in [2.24, 2.45) is 5.92 Å². The number of hydrogen-bond acceptors (Lipinski definition) is 4. The zero-order chi connectivity index (χ0) is 13.8. The summed E-state index contributed by atoms with van der Waals surface area (Å²) >= 11 is 0. The largest absolute Gasteiger partial charge is 0.381 e. The first-order valence-corrected chi connectivity index (χ1v) is 6.21. The van der Waals surface area contributed by atoms with Crippen molar-refractivity contribution in [3.63, 3.8) is 0 Å². The van der Waals surface area contributed by atoms with Gasteiger partial charge >= 0.3 is 0 Å². The zero-order valence-electron chi connectivity index (χ0n) is 10.7. The van der Waals surface area contributed by atoms with E-state index in [1.165, 1.54) is 12.1 Å². The molecular weight excluding hydrogens is 248 g/mol. The lowest BCUT2D eigenvalue weighted by atomic mass is 9.99. The van der Waals surface area contributed by atoms with Crippen LogP contribution in [-0.2, 0) is 9.53 Å². The van der Waals surface area contributed by atoms with Crippen molar-refractivity contribution in [3.8, 4) is 0 Å². The Balaban J connectivity index is 2.11. The van der Waals surface area contributed by atoms with Crippen LogP contribution in [0.25, 0.3) is 0 Å². The molecule has 1 aromatic carbocycles. The second-order valence-corrected chi connectivity index (χ2v) is 4.63. The third kappa shape index (κ3) is 3.29. The molecule has 0 aromatic heterocycles. The molecule has 0 radical (unpaired) electrons. The van der Waals surface area contributed by atoms with Gasteiger partial charge in [-0.25, -0.2) is 0 Å². The van der Waals surface area contributed by atoms with Crippen molar-refractivity contribution in [3.05, 3.63) is 33.9 Å². The van der Waals surface area contributed by atoms with Crippen LogP contribution in [0.15, 0.2) is 18.2 Å². The summed E-state index contributed by atoms with van der Waals surface area (Å²) in [4.78, 5) is 22.3. The lowest BCUT2D eigenvalue weighted by Gasteiger charge is -2.21. The van der Waals surface area contributed by atoms with E-state index >= 15 is 0 Å². The van der Waals surface area contributed by atoms with Gasteiger partial charge in [-0.05, 0) is 25.3 Å². The Hall–Kier alpha value is -1.95. The molecule has 0 unspecified atom stereocenters. The maximum atomic E-state index is 12.1. The summed E-state index contributed by atoms with van der Waals surface area (Å²) in [7, 11) is 0. The van der Waals surface area contributed by atoms with Crippen LogP contribution >= 0.6 is 0 Å². The van der Waals surface area contributed by atoms with E-state index in [2.05, 4.69) is 5.32 Å².